The maximum Gasteiger partial charge on any atom is 0.0130 e. The Kier molecular flexibility index (Phi) is 5.54. The Balaban J connectivity index is 2.59. The van der Waals surface area contributed by atoms with Crippen molar-refractivity contribution in [3.63, 3.8) is 0 Å². The van der Waals surface area contributed by atoms with Gasteiger partial charge in [0.1, 0.15) is 0 Å². The molecule has 0 saturated carbocycles. The van der Waals surface area contributed by atoms with E-state index in [1.807, 2.05) is 0 Å². The lowest BCUT2D eigenvalue weighted by Gasteiger charge is -2.23. The van der Waals surface area contributed by atoms with Crippen molar-refractivity contribution < 1.29 is 0 Å². The van der Waals surface area contributed by atoms with Gasteiger partial charge >= 0.3 is 0 Å². The van der Waals surface area contributed by atoms with E-state index in [2.05, 4.69) is 57.4 Å². The summed E-state index contributed by atoms with van der Waals surface area (Å²) in [6.07, 6.45) is 3.71. The Morgan fingerprint density at radius 3 is 2.31 bits per heavy atom. The van der Waals surface area contributed by atoms with E-state index in [4.69, 9.17) is 0 Å². The summed E-state index contributed by atoms with van der Waals surface area (Å²) in [6, 6.07) is 9.50. The summed E-state index contributed by atoms with van der Waals surface area (Å²) >= 11 is 0. The van der Waals surface area contributed by atoms with Crippen molar-refractivity contribution >= 4 is 0 Å². The predicted molar refractivity (Wildman–Crippen MR) is 71.8 cm³/mol. The van der Waals surface area contributed by atoms with E-state index in [1.54, 1.807) is 0 Å². The van der Waals surface area contributed by atoms with Crippen LogP contribution in [0.5, 0.6) is 0 Å². The second-order valence-corrected chi connectivity index (χ2v) is 4.85. The zero-order valence-electron chi connectivity index (χ0n) is 11.1. The van der Waals surface area contributed by atoms with Crippen LogP contribution >= 0.6 is 0 Å². The van der Waals surface area contributed by atoms with E-state index in [0.717, 1.165) is 12.3 Å². The third kappa shape index (κ3) is 3.97. The normalized spacial score (nSPS) is 14.8. The van der Waals surface area contributed by atoms with Crippen molar-refractivity contribution in [3.05, 3.63) is 35.4 Å². The molecule has 0 aromatic heterocycles. The molecule has 0 aliphatic heterocycles. The first-order chi connectivity index (χ1) is 7.67. The fraction of sp³-hybridized carbons (Fsp3) is 0.600. The maximum absolute atomic E-state index is 3.45. The molecule has 0 bridgehead atoms. The zero-order valence-corrected chi connectivity index (χ0v) is 11.1. The van der Waals surface area contributed by atoms with Gasteiger partial charge in [-0.05, 0) is 38.3 Å². The van der Waals surface area contributed by atoms with E-state index in [9.17, 15) is 0 Å². The van der Waals surface area contributed by atoms with Crippen molar-refractivity contribution in [2.75, 3.05) is 7.05 Å². The zero-order chi connectivity index (χ0) is 12.0. The molecule has 0 amide bonds. The molecule has 1 aromatic carbocycles. The fourth-order valence-electron chi connectivity index (χ4n) is 2.22. The van der Waals surface area contributed by atoms with Crippen LogP contribution in [0.15, 0.2) is 24.3 Å². The second-order valence-electron chi connectivity index (χ2n) is 4.85. The molecular weight excluding hydrogens is 194 g/mol. The molecule has 1 aromatic rings. The highest BCUT2D eigenvalue weighted by Gasteiger charge is 2.14. The van der Waals surface area contributed by atoms with Crippen LogP contribution in [0, 0.1) is 12.8 Å². The summed E-state index contributed by atoms with van der Waals surface area (Å²) in [4.78, 5) is 0. The number of benzene rings is 1. The Morgan fingerprint density at radius 2 is 1.81 bits per heavy atom. The smallest absolute Gasteiger partial charge is 0.0130 e. The van der Waals surface area contributed by atoms with Gasteiger partial charge in [-0.25, -0.2) is 0 Å². The van der Waals surface area contributed by atoms with E-state index < -0.39 is 0 Å². The van der Waals surface area contributed by atoms with Gasteiger partial charge in [0, 0.05) is 6.04 Å². The Labute approximate surface area is 100 Å². The van der Waals surface area contributed by atoms with E-state index in [-0.39, 0.29) is 0 Å². The first kappa shape index (κ1) is 13.2. The number of rotatable bonds is 6. The lowest BCUT2D eigenvalue weighted by molar-refractivity contribution is 0.371. The van der Waals surface area contributed by atoms with Gasteiger partial charge in [0.05, 0.1) is 0 Å². The van der Waals surface area contributed by atoms with Crippen LogP contribution in [0.3, 0.4) is 0 Å². The van der Waals surface area contributed by atoms with Gasteiger partial charge in [-0.15, -0.1) is 0 Å². The summed E-state index contributed by atoms with van der Waals surface area (Å²) in [5, 5.41) is 3.45. The Morgan fingerprint density at radius 1 is 1.19 bits per heavy atom. The molecule has 0 heterocycles. The van der Waals surface area contributed by atoms with Crippen LogP contribution in [-0.4, -0.2) is 13.1 Å². The van der Waals surface area contributed by atoms with Gasteiger partial charge < -0.3 is 5.32 Å². The van der Waals surface area contributed by atoms with Gasteiger partial charge in [0.25, 0.3) is 0 Å². The minimum absolute atomic E-state index is 0.600. The SMILES string of the molecule is CCCC(C)C(Cc1ccc(C)cc1)NC. The number of nitrogens with one attached hydrogen (secondary N) is 1. The average Bonchev–Trinajstić information content (AvgIpc) is 2.28. The van der Waals surface area contributed by atoms with E-state index in [1.165, 1.54) is 24.0 Å². The van der Waals surface area contributed by atoms with Crippen molar-refractivity contribution in [1.82, 2.24) is 5.32 Å². The molecule has 0 fully saturated rings. The van der Waals surface area contributed by atoms with Gasteiger partial charge in [-0.2, -0.15) is 0 Å². The maximum atomic E-state index is 3.45. The highest BCUT2D eigenvalue weighted by molar-refractivity contribution is 5.22. The minimum Gasteiger partial charge on any atom is -0.316 e. The van der Waals surface area contributed by atoms with Gasteiger partial charge in [0.15, 0.2) is 0 Å². The molecule has 1 nitrogen and oxygen atoms in total. The summed E-state index contributed by atoms with van der Waals surface area (Å²) in [5.41, 5.74) is 2.78. The molecule has 90 valence electrons. The lowest BCUT2D eigenvalue weighted by Crippen LogP contribution is -2.34. The molecule has 2 unspecified atom stereocenters. The van der Waals surface area contributed by atoms with Crippen LogP contribution in [0.25, 0.3) is 0 Å². The third-order valence-electron chi connectivity index (χ3n) is 3.38. The van der Waals surface area contributed by atoms with Gasteiger partial charge in [-0.3, -0.25) is 0 Å². The van der Waals surface area contributed by atoms with E-state index >= 15 is 0 Å². The summed E-state index contributed by atoms with van der Waals surface area (Å²) in [5.74, 6) is 0.747. The first-order valence-corrected chi connectivity index (χ1v) is 6.40. The van der Waals surface area contributed by atoms with Gasteiger partial charge in [0.2, 0.25) is 0 Å². The highest BCUT2D eigenvalue weighted by Crippen LogP contribution is 2.15. The summed E-state index contributed by atoms with van der Waals surface area (Å²) in [7, 11) is 2.07. The largest absolute Gasteiger partial charge is 0.316 e. The molecule has 16 heavy (non-hydrogen) atoms. The molecule has 1 rings (SSSR count). The predicted octanol–water partition coefficient (Wildman–Crippen LogP) is 3.56. The van der Waals surface area contributed by atoms with Crippen molar-refractivity contribution in [1.29, 1.82) is 0 Å². The van der Waals surface area contributed by atoms with Crippen LogP contribution in [0.4, 0.5) is 0 Å². The molecule has 0 radical (unpaired) electrons. The first-order valence-electron chi connectivity index (χ1n) is 6.40. The minimum atomic E-state index is 0.600. The number of likely N-dealkylation sites (N-methyl/N-ethyl adjacent to an activating group) is 1. The van der Waals surface area contributed by atoms with Crippen LogP contribution in [0.2, 0.25) is 0 Å². The molecule has 1 heteroatoms. The monoisotopic (exact) mass is 219 g/mol. The molecule has 0 saturated heterocycles. The van der Waals surface area contributed by atoms with Crippen molar-refractivity contribution in [2.45, 2.75) is 46.1 Å². The van der Waals surface area contributed by atoms with Crippen molar-refractivity contribution in [2.24, 2.45) is 5.92 Å². The number of hydrogen-bond acceptors (Lipinski definition) is 1. The fourth-order valence-corrected chi connectivity index (χ4v) is 2.22. The molecule has 0 aliphatic carbocycles. The second kappa shape index (κ2) is 6.70. The molecule has 1 N–H and O–H groups in total. The third-order valence-corrected chi connectivity index (χ3v) is 3.38. The average molecular weight is 219 g/mol. The molecule has 2 atom stereocenters. The van der Waals surface area contributed by atoms with Crippen molar-refractivity contribution in [3.8, 4) is 0 Å². The highest BCUT2D eigenvalue weighted by atomic mass is 14.9. The topological polar surface area (TPSA) is 12.0 Å². The number of aryl methyl sites for hydroxylation is 1. The molecular formula is C15H25N. The number of hydrogen-bond donors (Lipinski definition) is 1. The quantitative estimate of drug-likeness (QED) is 0.771. The summed E-state index contributed by atoms with van der Waals surface area (Å²) in [6.45, 7) is 6.74. The molecule has 0 aliphatic rings. The van der Waals surface area contributed by atoms with Crippen LogP contribution in [0.1, 0.15) is 37.8 Å². The summed E-state index contributed by atoms with van der Waals surface area (Å²) < 4.78 is 0. The van der Waals surface area contributed by atoms with E-state index in [0.29, 0.717) is 6.04 Å². The standard InChI is InChI=1S/C15H25N/c1-5-6-13(3)15(16-4)11-14-9-7-12(2)8-10-14/h7-10,13,15-16H,5-6,11H2,1-4H3. The Bertz CT molecular complexity index is 289. The van der Waals surface area contributed by atoms with Crippen LogP contribution in [-0.2, 0) is 6.42 Å². The molecule has 0 spiro atoms. The van der Waals surface area contributed by atoms with Crippen LogP contribution < -0.4 is 5.32 Å². The van der Waals surface area contributed by atoms with Gasteiger partial charge in [-0.1, -0.05) is 50.1 Å². The lowest BCUT2D eigenvalue weighted by atomic mass is 9.91. The Hall–Kier alpha value is -0.820.